The zero-order chi connectivity index (χ0) is 10.4. The average Bonchev–Trinajstić information content (AvgIpc) is 2.17. The second-order valence-electron chi connectivity index (χ2n) is 3.11. The molecule has 1 atom stereocenters. The first kappa shape index (κ1) is 10.9. The Labute approximate surface area is 83.4 Å². The van der Waals surface area contributed by atoms with Crippen molar-refractivity contribution in [1.29, 1.82) is 0 Å². The van der Waals surface area contributed by atoms with Crippen LogP contribution in [0, 0.1) is 0 Å². The fourth-order valence-electron chi connectivity index (χ4n) is 1.27. The number of pyridine rings is 1. The number of hydrazine groups is 1. The van der Waals surface area contributed by atoms with Crippen LogP contribution < -0.4 is 17.0 Å². The lowest BCUT2D eigenvalue weighted by Gasteiger charge is -2.14. The molecule has 1 rings (SSSR count). The molecule has 0 aliphatic rings. The van der Waals surface area contributed by atoms with E-state index in [2.05, 4.69) is 10.4 Å². The van der Waals surface area contributed by atoms with E-state index in [9.17, 15) is 0 Å². The number of aromatic nitrogens is 1. The third kappa shape index (κ3) is 3.29. The number of rotatable bonds is 5. The topological polar surface area (TPSA) is 86.2 Å². The lowest BCUT2D eigenvalue weighted by molar-refractivity contribution is 0.166. The Balaban J connectivity index is 2.57. The molecule has 78 valence electrons. The van der Waals surface area contributed by atoms with Gasteiger partial charge in [-0.1, -0.05) is 0 Å². The molecule has 0 amide bonds. The van der Waals surface area contributed by atoms with E-state index in [1.807, 2.05) is 12.1 Å². The summed E-state index contributed by atoms with van der Waals surface area (Å²) >= 11 is 0. The van der Waals surface area contributed by atoms with Crippen molar-refractivity contribution in [3.8, 4) is 0 Å². The molecule has 0 saturated carbocycles. The van der Waals surface area contributed by atoms with Crippen molar-refractivity contribution in [3.05, 3.63) is 23.9 Å². The van der Waals surface area contributed by atoms with Crippen LogP contribution in [0.1, 0.15) is 5.56 Å². The number of ether oxygens (including phenoxy) is 1. The van der Waals surface area contributed by atoms with Crippen LogP contribution >= 0.6 is 0 Å². The zero-order valence-electron chi connectivity index (χ0n) is 8.23. The zero-order valence-corrected chi connectivity index (χ0v) is 8.23. The minimum absolute atomic E-state index is 0.0989. The Kier molecular flexibility index (Phi) is 4.31. The molecule has 1 unspecified atom stereocenters. The third-order valence-corrected chi connectivity index (χ3v) is 1.93. The highest BCUT2D eigenvalue weighted by Gasteiger charge is 2.07. The normalized spacial score (nSPS) is 12.7. The highest BCUT2D eigenvalue weighted by Crippen LogP contribution is 2.05. The van der Waals surface area contributed by atoms with E-state index in [1.54, 1.807) is 13.3 Å². The number of hydrogen-bond acceptors (Lipinski definition) is 5. The van der Waals surface area contributed by atoms with Gasteiger partial charge in [0.1, 0.15) is 5.82 Å². The van der Waals surface area contributed by atoms with E-state index in [-0.39, 0.29) is 6.04 Å². The summed E-state index contributed by atoms with van der Waals surface area (Å²) in [5, 5.41) is 0. The molecule has 0 bridgehead atoms. The molecule has 5 heteroatoms. The molecular formula is C9H16N4O. The Bertz CT molecular complexity index is 279. The standard InChI is InChI=1S/C9H16N4O/c1-14-6-8(13-11)4-7-2-3-12-9(10)5-7/h2-3,5,8,13H,4,6,11H2,1H3,(H2,10,12). The molecule has 0 saturated heterocycles. The first-order chi connectivity index (χ1) is 6.76. The van der Waals surface area contributed by atoms with Crippen LogP contribution in [0.25, 0.3) is 0 Å². The molecule has 0 aliphatic carbocycles. The van der Waals surface area contributed by atoms with Crippen LogP contribution in [0.15, 0.2) is 18.3 Å². The largest absolute Gasteiger partial charge is 0.384 e. The molecule has 0 aliphatic heterocycles. The lowest BCUT2D eigenvalue weighted by Crippen LogP contribution is -2.40. The molecule has 0 radical (unpaired) electrons. The number of nitrogens with one attached hydrogen (secondary N) is 1. The maximum Gasteiger partial charge on any atom is 0.123 e. The van der Waals surface area contributed by atoms with Gasteiger partial charge in [0.15, 0.2) is 0 Å². The summed E-state index contributed by atoms with van der Waals surface area (Å²) in [6.45, 7) is 0.568. The summed E-state index contributed by atoms with van der Waals surface area (Å²) in [6.07, 6.45) is 2.46. The van der Waals surface area contributed by atoms with Gasteiger partial charge in [-0.25, -0.2) is 4.98 Å². The maximum atomic E-state index is 5.56. The highest BCUT2D eigenvalue weighted by molar-refractivity contribution is 5.32. The van der Waals surface area contributed by atoms with Crippen molar-refractivity contribution in [2.24, 2.45) is 5.84 Å². The maximum absolute atomic E-state index is 5.56. The van der Waals surface area contributed by atoms with Crippen molar-refractivity contribution < 1.29 is 4.74 Å². The summed E-state index contributed by atoms with van der Waals surface area (Å²) in [5.41, 5.74) is 9.34. The second kappa shape index (κ2) is 5.54. The van der Waals surface area contributed by atoms with Gasteiger partial charge in [-0.05, 0) is 24.1 Å². The van der Waals surface area contributed by atoms with E-state index in [0.29, 0.717) is 12.4 Å². The molecular weight excluding hydrogens is 180 g/mol. The average molecular weight is 196 g/mol. The number of nitrogens with two attached hydrogens (primary N) is 2. The predicted molar refractivity (Wildman–Crippen MR) is 55.3 cm³/mol. The number of hydrogen-bond donors (Lipinski definition) is 3. The van der Waals surface area contributed by atoms with Crippen LogP contribution in [0.2, 0.25) is 0 Å². The molecule has 14 heavy (non-hydrogen) atoms. The summed E-state index contributed by atoms with van der Waals surface area (Å²) in [6, 6.07) is 3.85. The molecule has 1 heterocycles. The lowest BCUT2D eigenvalue weighted by atomic mass is 10.1. The van der Waals surface area contributed by atoms with Gasteiger partial charge in [0.05, 0.1) is 6.61 Å². The van der Waals surface area contributed by atoms with E-state index < -0.39 is 0 Å². The predicted octanol–water partition coefficient (Wildman–Crippen LogP) is -0.315. The van der Waals surface area contributed by atoms with Crippen molar-refractivity contribution in [2.45, 2.75) is 12.5 Å². The molecule has 1 aromatic heterocycles. The quantitative estimate of drug-likeness (QED) is 0.444. The summed E-state index contributed by atoms with van der Waals surface area (Å²) in [7, 11) is 1.64. The van der Waals surface area contributed by atoms with Crippen LogP contribution in [-0.4, -0.2) is 24.7 Å². The minimum atomic E-state index is 0.0989. The Hall–Kier alpha value is -1.17. The van der Waals surface area contributed by atoms with Gasteiger partial charge in [-0.2, -0.15) is 0 Å². The Morgan fingerprint density at radius 1 is 1.64 bits per heavy atom. The number of anilines is 1. The van der Waals surface area contributed by atoms with Crippen molar-refractivity contribution in [3.63, 3.8) is 0 Å². The van der Waals surface area contributed by atoms with Gasteiger partial charge in [0.2, 0.25) is 0 Å². The van der Waals surface area contributed by atoms with Crippen LogP contribution in [0.5, 0.6) is 0 Å². The van der Waals surface area contributed by atoms with Crippen LogP contribution in [0.4, 0.5) is 5.82 Å². The monoisotopic (exact) mass is 196 g/mol. The van der Waals surface area contributed by atoms with Gasteiger partial charge in [-0.3, -0.25) is 11.3 Å². The molecule has 0 fully saturated rings. The Morgan fingerprint density at radius 2 is 2.43 bits per heavy atom. The summed E-state index contributed by atoms with van der Waals surface area (Å²) < 4.78 is 5.01. The van der Waals surface area contributed by atoms with Gasteiger partial charge < -0.3 is 10.5 Å². The molecule has 0 aromatic carbocycles. The number of nitrogen functional groups attached to an aromatic ring is 1. The van der Waals surface area contributed by atoms with Crippen molar-refractivity contribution in [2.75, 3.05) is 19.5 Å². The molecule has 0 spiro atoms. The molecule has 5 N–H and O–H groups in total. The van der Waals surface area contributed by atoms with Gasteiger partial charge in [-0.15, -0.1) is 0 Å². The van der Waals surface area contributed by atoms with Gasteiger partial charge >= 0.3 is 0 Å². The van der Waals surface area contributed by atoms with Gasteiger partial charge in [0.25, 0.3) is 0 Å². The third-order valence-electron chi connectivity index (χ3n) is 1.93. The Morgan fingerprint density at radius 3 is 3.00 bits per heavy atom. The van der Waals surface area contributed by atoms with Gasteiger partial charge in [0, 0.05) is 19.3 Å². The molecule has 5 nitrogen and oxygen atoms in total. The number of nitrogens with zero attached hydrogens (tertiary/aromatic N) is 1. The molecule has 1 aromatic rings. The van der Waals surface area contributed by atoms with E-state index in [4.69, 9.17) is 16.3 Å². The number of methoxy groups -OCH3 is 1. The smallest absolute Gasteiger partial charge is 0.123 e. The fraction of sp³-hybridized carbons (Fsp3) is 0.444. The summed E-state index contributed by atoms with van der Waals surface area (Å²) in [4.78, 5) is 3.91. The van der Waals surface area contributed by atoms with Crippen molar-refractivity contribution >= 4 is 5.82 Å². The summed E-state index contributed by atoms with van der Waals surface area (Å²) in [5.74, 6) is 5.89. The van der Waals surface area contributed by atoms with E-state index in [1.165, 1.54) is 0 Å². The first-order valence-electron chi connectivity index (χ1n) is 4.41. The fourth-order valence-corrected chi connectivity index (χ4v) is 1.27. The highest BCUT2D eigenvalue weighted by atomic mass is 16.5. The van der Waals surface area contributed by atoms with Crippen LogP contribution in [-0.2, 0) is 11.2 Å². The minimum Gasteiger partial charge on any atom is -0.384 e. The van der Waals surface area contributed by atoms with E-state index >= 15 is 0 Å². The second-order valence-corrected chi connectivity index (χ2v) is 3.11. The van der Waals surface area contributed by atoms with Crippen molar-refractivity contribution in [1.82, 2.24) is 10.4 Å². The van der Waals surface area contributed by atoms with E-state index in [0.717, 1.165) is 12.0 Å². The first-order valence-corrected chi connectivity index (χ1v) is 4.41. The van der Waals surface area contributed by atoms with Crippen LogP contribution in [0.3, 0.4) is 0 Å². The SMILES string of the molecule is COCC(Cc1ccnc(N)c1)NN.